The third kappa shape index (κ3) is 3.29. The summed E-state index contributed by atoms with van der Waals surface area (Å²) in [5, 5.41) is 4.90. The van der Waals surface area contributed by atoms with Crippen molar-refractivity contribution in [2.24, 2.45) is 5.92 Å². The van der Waals surface area contributed by atoms with Crippen LogP contribution in [0.3, 0.4) is 0 Å². The van der Waals surface area contributed by atoms with E-state index in [1.54, 1.807) is 11.3 Å². The summed E-state index contributed by atoms with van der Waals surface area (Å²) in [7, 11) is 0. The SMILES string of the molecule is CCC(NC(C)(C)c1ncc(C)s1)C(C)C. The minimum atomic E-state index is -0.0239. The van der Waals surface area contributed by atoms with Gasteiger partial charge in [0.25, 0.3) is 0 Å². The molecular weight excluding hydrogens is 216 g/mol. The second kappa shape index (κ2) is 5.28. The Morgan fingerprint density at radius 3 is 2.44 bits per heavy atom. The van der Waals surface area contributed by atoms with E-state index in [1.807, 2.05) is 6.20 Å². The number of thiazole rings is 1. The maximum Gasteiger partial charge on any atom is 0.112 e. The summed E-state index contributed by atoms with van der Waals surface area (Å²) in [6.07, 6.45) is 3.12. The molecule has 0 aliphatic carbocycles. The predicted molar refractivity (Wildman–Crippen MR) is 71.9 cm³/mol. The van der Waals surface area contributed by atoms with Gasteiger partial charge in [-0.05, 0) is 33.1 Å². The maximum absolute atomic E-state index is 4.49. The van der Waals surface area contributed by atoms with Gasteiger partial charge in [-0.3, -0.25) is 0 Å². The quantitative estimate of drug-likeness (QED) is 0.848. The van der Waals surface area contributed by atoms with Crippen LogP contribution in [0, 0.1) is 12.8 Å². The van der Waals surface area contributed by atoms with Crippen molar-refractivity contribution in [2.75, 3.05) is 0 Å². The fraction of sp³-hybridized carbons (Fsp3) is 0.769. The van der Waals surface area contributed by atoms with Crippen LogP contribution in [0.2, 0.25) is 0 Å². The second-order valence-electron chi connectivity index (χ2n) is 5.30. The molecule has 92 valence electrons. The van der Waals surface area contributed by atoms with Gasteiger partial charge in [-0.15, -0.1) is 11.3 Å². The first-order chi connectivity index (χ1) is 7.36. The summed E-state index contributed by atoms with van der Waals surface area (Å²) in [5.41, 5.74) is -0.0239. The third-order valence-electron chi connectivity index (χ3n) is 2.95. The number of hydrogen-bond donors (Lipinski definition) is 1. The molecule has 0 radical (unpaired) electrons. The van der Waals surface area contributed by atoms with Crippen LogP contribution in [0.15, 0.2) is 6.20 Å². The Hall–Kier alpha value is -0.410. The molecule has 1 unspecified atom stereocenters. The highest BCUT2D eigenvalue weighted by molar-refractivity contribution is 7.11. The van der Waals surface area contributed by atoms with E-state index in [0.717, 1.165) is 6.42 Å². The van der Waals surface area contributed by atoms with Crippen molar-refractivity contribution in [2.45, 2.75) is 59.5 Å². The standard InChI is InChI=1S/C13H24N2S/c1-7-11(9(2)3)15-13(5,6)12-14-8-10(4)16-12/h8-9,11,15H,7H2,1-6H3. The minimum absolute atomic E-state index is 0.0239. The van der Waals surface area contributed by atoms with Crippen molar-refractivity contribution in [3.05, 3.63) is 16.1 Å². The fourth-order valence-corrected chi connectivity index (χ4v) is 2.74. The molecule has 0 aromatic carbocycles. The molecule has 1 rings (SSSR count). The summed E-state index contributed by atoms with van der Waals surface area (Å²) in [6.45, 7) is 13.3. The summed E-state index contributed by atoms with van der Waals surface area (Å²) in [5.74, 6) is 0.658. The molecular formula is C13H24N2S. The number of nitrogens with zero attached hydrogens (tertiary/aromatic N) is 1. The van der Waals surface area contributed by atoms with Crippen LogP contribution >= 0.6 is 11.3 Å². The maximum atomic E-state index is 4.49. The third-order valence-corrected chi connectivity index (χ3v) is 4.18. The van der Waals surface area contributed by atoms with Crippen molar-refractivity contribution >= 4 is 11.3 Å². The van der Waals surface area contributed by atoms with Crippen LogP contribution in [-0.4, -0.2) is 11.0 Å². The molecule has 1 aromatic rings. The van der Waals surface area contributed by atoms with Crippen molar-refractivity contribution in [1.82, 2.24) is 10.3 Å². The number of aromatic nitrogens is 1. The van der Waals surface area contributed by atoms with E-state index >= 15 is 0 Å². The van der Waals surface area contributed by atoms with Gasteiger partial charge in [0.1, 0.15) is 5.01 Å². The van der Waals surface area contributed by atoms with Gasteiger partial charge < -0.3 is 5.32 Å². The lowest BCUT2D eigenvalue weighted by atomic mass is 9.97. The summed E-state index contributed by atoms with van der Waals surface area (Å²) in [4.78, 5) is 5.77. The van der Waals surface area contributed by atoms with E-state index in [0.29, 0.717) is 12.0 Å². The number of hydrogen-bond acceptors (Lipinski definition) is 3. The minimum Gasteiger partial charge on any atom is -0.303 e. The first-order valence-corrected chi connectivity index (χ1v) is 6.89. The second-order valence-corrected chi connectivity index (χ2v) is 6.54. The van der Waals surface area contributed by atoms with Gasteiger partial charge in [-0.2, -0.15) is 0 Å². The molecule has 2 nitrogen and oxygen atoms in total. The molecule has 0 spiro atoms. The zero-order valence-electron chi connectivity index (χ0n) is 11.3. The van der Waals surface area contributed by atoms with Gasteiger partial charge >= 0.3 is 0 Å². The first kappa shape index (κ1) is 13.7. The Kier molecular flexibility index (Phi) is 4.51. The average Bonchev–Trinajstić information content (AvgIpc) is 2.61. The van der Waals surface area contributed by atoms with E-state index in [1.165, 1.54) is 9.88 Å². The molecule has 1 N–H and O–H groups in total. The lowest BCUT2D eigenvalue weighted by molar-refractivity contribution is 0.282. The predicted octanol–water partition coefficient (Wildman–Crippen LogP) is 3.71. The Labute approximate surface area is 103 Å². The highest BCUT2D eigenvalue weighted by Crippen LogP contribution is 2.26. The lowest BCUT2D eigenvalue weighted by Gasteiger charge is -2.32. The molecule has 0 aliphatic rings. The van der Waals surface area contributed by atoms with Crippen LogP contribution in [0.1, 0.15) is 50.9 Å². The molecule has 0 amide bonds. The topological polar surface area (TPSA) is 24.9 Å². The summed E-state index contributed by atoms with van der Waals surface area (Å²) < 4.78 is 0. The molecule has 0 bridgehead atoms. The molecule has 0 aliphatic heterocycles. The van der Waals surface area contributed by atoms with Crippen molar-refractivity contribution < 1.29 is 0 Å². The Morgan fingerprint density at radius 2 is 2.06 bits per heavy atom. The fourth-order valence-electron chi connectivity index (χ4n) is 1.91. The average molecular weight is 240 g/mol. The molecule has 1 aromatic heterocycles. The highest BCUT2D eigenvalue weighted by atomic mass is 32.1. The van der Waals surface area contributed by atoms with Crippen LogP contribution in [-0.2, 0) is 5.54 Å². The van der Waals surface area contributed by atoms with Crippen LogP contribution < -0.4 is 5.32 Å². The number of aryl methyl sites for hydroxylation is 1. The van der Waals surface area contributed by atoms with Gasteiger partial charge in [-0.1, -0.05) is 20.8 Å². The van der Waals surface area contributed by atoms with Crippen LogP contribution in [0.25, 0.3) is 0 Å². The number of nitrogens with one attached hydrogen (secondary N) is 1. The Morgan fingerprint density at radius 1 is 1.44 bits per heavy atom. The zero-order valence-corrected chi connectivity index (χ0v) is 12.1. The molecule has 0 saturated carbocycles. The lowest BCUT2D eigenvalue weighted by Crippen LogP contribution is -2.45. The number of rotatable bonds is 5. The van der Waals surface area contributed by atoms with E-state index in [4.69, 9.17) is 0 Å². The molecule has 0 fully saturated rings. The first-order valence-electron chi connectivity index (χ1n) is 6.07. The summed E-state index contributed by atoms with van der Waals surface area (Å²) >= 11 is 1.79. The van der Waals surface area contributed by atoms with Gasteiger partial charge in [0.05, 0.1) is 5.54 Å². The van der Waals surface area contributed by atoms with Crippen molar-refractivity contribution in [1.29, 1.82) is 0 Å². The van der Waals surface area contributed by atoms with Crippen molar-refractivity contribution in [3.8, 4) is 0 Å². The van der Waals surface area contributed by atoms with Gasteiger partial charge in [0.15, 0.2) is 0 Å². The van der Waals surface area contributed by atoms with Crippen LogP contribution in [0.5, 0.6) is 0 Å². The van der Waals surface area contributed by atoms with Gasteiger partial charge in [-0.25, -0.2) is 4.98 Å². The largest absolute Gasteiger partial charge is 0.303 e. The summed E-state index contributed by atoms with van der Waals surface area (Å²) in [6, 6.07) is 0.555. The molecule has 3 heteroatoms. The molecule has 16 heavy (non-hydrogen) atoms. The van der Waals surface area contributed by atoms with E-state index in [2.05, 4.69) is 51.8 Å². The molecule has 1 atom stereocenters. The highest BCUT2D eigenvalue weighted by Gasteiger charge is 2.27. The molecule has 1 heterocycles. The van der Waals surface area contributed by atoms with Crippen LogP contribution in [0.4, 0.5) is 0 Å². The molecule has 0 saturated heterocycles. The van der Waals surface area contributed by atoms with E-state index < -0.39 is 0 Å². The zero-order chi connectivity index (χ0) is 12.3. The monoisotopic (exact) mass is 240 g/mol. The van der Waals surface area contributed by atoms with Gasteiger partial charge in [0.2, 0.25) is 0 Å². The Balaban J connectivity index is 2.78. The van der Waals surface area contributed by atoms with Gasteiger partial charge in [0, 0.05) is 17.1 Å². The Bertz CT molecular complexity index is 328. The normalized spacial score (nSPS) is 14.4. The van der Waals surface area contributed by atoms with E-state index in [9.17, 15) is 0 Å². The van der Waals surface area contributed by atoms with Crippen molar-refractivity contribution in [3.63, 3.8) is 0 Å². The smallest absolute Gasteiger partial charge is 0.112 e. The van der Waals surface area contributed by atoms with E-state index in [-0.39, 0.29) is 5.54 Å².